The second-order valence-corrected chi connectivity index (χ2v) is 7.88. The van der Waals surface area contributed by atoms with E-state index in [0.717, 1.165) is 48.8 Å². The number of nitrogens with zero attached hydrogens (tertiary/aromatic N) is 10. The van der Waals surface area contributed by atoms with E-state index in [4.69, 9.17) is 5.26 Å². The van der Waals surface area contributed by atoms with Gasteiger partial charge in [-0.2, -0.15) is 5.26 Å². The molecular formula is C22H22N10. The van der Waals surface area contributed by atoms with Crippen LogP contribution >= 0.6 is 0 Å². The van der Waals surface area contributed by atoms with Crippen molar-refractivity contribution in [2.75, 3.05) is 11.4 Å². The number of pyridine rings is 1. The first kappa shape index (κ1) is 19.8. The van der Waals surface area contributed by atoms with Crippen molar-refractivity contribution in [3.63, 3.8) is 0 Å². The molecule has 0 spiro atoms. The Hall–Kier alpha value is -4.13. The van der Waals surface area contributed by atoms with Gasteiger partial charge in [-0.3, -0.25) is 9.55 Å². The zero-order valence-corrected chi connectivity index (χ0v) is 17.9. The Morgan fingerprint density at radius 2 is 2.00 bits per heavy atom. The Morgan fingerprint density at radius 3 is 2.81 bits per heavy atom. The Kier molecular flexibility index (Phi) is 5.07. The fraction of sp³-hybridized carbons (Fsp3) is 0.318. The van der Waals surface area contributed by atoms with Crippen LogP contribution in [0.15, 0.2) is 42.6 Å². The molecule has 32 heavy (non-hydrogen) atoms. The summed E-state index contributed by atoms with van der Waals surface area (Å²) in [6.45, 7) is 2.79. The van der Waals surface area contributed by atoms with Crippen molar-refractivity contribution in [1.29, 1.82) is 5.26 Å². The van der Waals surface area contributed by atoms with Crippen molar-refractivity contribution in [1.82, 2.24) is 40.0 Å². The number of rotatable bonds is 4. The Labute approximate surface area is 185 Å². The second kappa shape index (κ2) is 8.19. The largest absolute Gasteiger partial charge is 0.330 e. The molecule has 0 bridgehead atoms. The number of nitriles is 1. The molecule has 160 valence electrons. The number of aryl methyl sites for hydroxylation is 1. The van der Waals surface area contributed by atoms with E-state index in [2.05, 4.69) is 41.6 Å². The van der Waals surface area contributed by atoms with Crippen LogP contribution in [0.5, 0.6) is 0 Å². The highest BCUT2D eigenvalue weighted by molar-refractivity contribution is 5.56. The number of aromatic nitrogens is 8. The molecule has 1 fully saturated rings. The normalized spacial score (nSPS) is 16.2. The van der Waals surface area contributed by atoms with Crippen molar-refractivity contribution in [3.8, 4) is 23.1 Å². The van der Waals surface area contributed by atoms with Crippen LogP contribution in [0.25, 0.3) is 17.1 Å². The molecule has 1 aliphatic rings. The average molecular weight is 426 g/mol. The lowest BCUT2D eigenvalue weighted by atomic mass is 10.0. The van der Waals surface area contributed by atoms with Crippen LogP contribution in [0, 0.1) is 18.3 Å². The summed E-state index contributed by atoms with van der Waals surface area (Å²) in [4.78, 5) is 8.06. The van der Waals surface area contributed by atoms with Crippen molar-refractivity contribution >= 4 is 5.95 Å². The van der Waals surface area contributed by atoms with E-state index in [1.807, 2.05) is 49.0 Å². The van der Waals surface area contributed by atoms with Crippen molar-refractivity contribution in [2.24, 2.45) is 7.05 Å². The highest BCUT2D eigenvalue weighted by Crippen LogP contribution is 2.33. The molecule has 3 aromatic heterocycles. The van der Waals surface area contributed by atoms with Gasteiger partial charge in [0, 0.05) is 31.0 Å². The summed E-state index contributed by atoms with van der Waals surface area (Å²) in [5, 5.41) is 31.3. The number of hydrogen-bond donors (Lipinski definition) is 0. The molecule has 5 rings (SSSR count). The van der Waals surface area contributed by atoms with Crippen LogP contribution in [0.4, 0.5) is 5.95 Å². The van der Waals surface area contributed by atoms with Crippen LogP contribution < -0.4 is 4.90 Å². The lowest BCUT2D eigenvalue weighted by molar-refractivity contribution is 0.445. The molecule has 0 saturated carbocycles. The summed E-state index contributed by atoms with van der Waals surface area (Å²) >= 11 is 0. The molecule has 0 amide bonds. The molecule has 0 aliphatic carbocycles. The topological polar surface area (TPSA) is 114 Å². The van der Waals surface area contributed by atoms with E-state index in [-0.39, 0.29) is 6.04 Å². The number of piperidine rings is 1. The fourth-order valence-electron chi connectivity index (χ4n) is 4.03. The van der Waals surface area contributed by atoms with Gasteiger partial charge < -0.3 is 4.90 Å². The van der Waals surface area contributed by atoms with Gasteiger partial charge in [-0.15, -0.1) is 25.2 Å². The molecule has 0 N–H and O–H groups in total. The zero-order chi connectivity index (χ0) is 22.1. The van der Waals surface area contributed by atoms with Crippen LogP contribution in [0.2, 0.25) is 0 Å². The molecule has 0 radical (unpaired) electrons. The third kappa shape index (κ3) is 3.58. The lowest BCUT2D eigenvalue weighted by Gasteiger charge is -2.34. The molecule has 1 aromatic carbocycles. The highest BCUT2D eigenvalue weighted by atomic mass is 15.6. The number of benzene rings is 1. The molecule has 1 aliphatic heterocycles. The molecule has 10 heteroatoms. The summed E-state index contributed by atoms with van der Waals surface area (Å²) in [6, 6.07) is 13.2. The molecule has 4 aromatic rings. The van der Waals surface area contributed by atoms with Gasteiger partial charge in [0.25, 0.3) is 0 Å². The summed E-state index contributed by atoms with van der Waals surface area (Å²) in [6.07, 6.45) is 4.85. The van der Waals surface area contributed by atoms with Gasteiger partial charge in [0.15, 0.2) is 11.6 Å². The van der Waals surface area contributed by atoms with E-state index < -0.39 is 0 Å². The van der Waals surface area contributed by atoms with Crippen LogP contribution in [0.3, 0.4) is 0 Å². The Balaban J connectivity index is 1.46. The summed E-state index contributed by atoms with van der Waals surface area (Å²) in [5.41, 5.74) is 3.14. The van der Waals surface area contributed by atoms with Crippen LogP contribution in [0.1, 0.15) is 42.4 Å². The van der Waals surface area contributed by atoms with E-state index in [0.29, 0.717) is 17.1 Å². The van der Waals surface area contributed by atoms with Crippen molar-refractivity contribution < 1.29 is 0 Å². The third-order valence-electron chi connectivity index (χ3n) is 5.71. The maximum atomic E-state index is 9.16. The maximum Gasteiger partial charge on any atom is 0.227 e. The average Bonchev–Trinajstić information content (AvgIpc) is 3.47. The van der Waals surface area contributed by atoms with Gasteiger partial charge in [-0.25, -0.2) is 0 Å². The quantitative estimate of drug-likeness (QED) is 0.489. The van der Waals surface area contributed by atoms with E-state index in [9.17, 15) is 0 Å². The molecular weight excluding hydrogens is 404 g/mol. The minimum atomic E-state index is -0.0523. The standard InChI is InChI=1S/C22H22N10/c1-15-9-10-17(14-24-15)21-26-27-22(30(21)2)31-11-4-3-8-19(31)20-25-29-32(28-20)18-7-5-6-16(12-18)13-23/h5-7,9-10,12,14,19H,3-4,8,11H2,1-2H3/t19-/m1/s1. The smallest absolute Gasteiger partial charge is 0.227 e. The third-order valence-corrected chi connectivity index (χ3v) is 5.71. The number of anilines is 1. The number of hydrogen-bond acceptors (Lipinski definition) is 8. The SMILES string of the molecule is Cc1ccc(-c2nnc(N3CCCC[C@@H]3c3nnn(-c4cccc(C#N)c4)n3)n2C)cn1. The summed E-state index contributed by atoms with van der Waals surface area (Å²) in [5.74, 6) is 2.17. The van der Waals surface area contributed by atoms with Gasteiger partial charge >= 0.3 is 0 Å². The Bertz CT molecular complexity index is 1280. The first-order chi connectivity index (χ1) is 15.6. The van der Waals surface area contributed by atoms with Gasteiger partial charge in [0.1, 0.15) is 0 Å². The first-order valence-corrected chi connectivity index (χ1v) is 10.5. The van der Waals surface area contributed by atoms with Crippen LogP contribution in [-0.4, -0.2) is 46.5 Å². The highest BCUT2D eigenvalue weighted by Gasteiger charge is 2.31. The van der Waals surface area contributed by atoms with Crippen molar-refractivity contribution in [2.45, 2.75) is 32.2 Å². The van der Waals surface area contributed by atoms with Crippen molar-refractivity contribution in [3.05, 3.63) is 59.7 Å². The van der Waals surface area contributed by atoms with E-state index in [1.54, 1.807) is 12.1 Å². The van der Waals surface area contributed by atoms with E-state index in [1.165, 1.54) is 4.80 Å². The van der Waals surface area contributed by atoms with E-state index >= 15 is 0 Å². The molecule has 10 nitrogen and oxygen atoms in total. The molecule has 0 unspecified atom stereocenters. The van der Waals surface area contributed by atoms with Crippen LogP contribution in [-0.2, 0) is 7.05 Å². The maximum absolute atomic E-state index is 9.16. The predicted molar refractivity (Wildman–Crippen MR) is 117 cm³/mol. The summed E-state index contributed by atoms with van der Waals surface area (Å²) < 4.78 is 1.99. The molecule has 1 atom stereocenters. The van der Waals surface area contributed by atoms with Gasteiger partial charge in [-0.1, -0.05) is 6.07 Å². The number of tetrazole rings is 1. The minimum Gasteiger partial charge on any atom is -0.330 e. The Morgan fingerprint density at radius 1 is 1.09 bits per heavy atom. The summed E-state index contributed by atoms with van der Waals surface area (Å²) in [7, 11) is 1.97. The second-order valence-electron chi connectivity index (χ2n) is 7.88. The first-order valence-electron chi connectivity index (χ1n) is 10.5. The minimum absolute atomic E-state index is 0.0523. The van der Waals surface area contributed by atoms with Gasteiger partial charge in [0.05, 0.1) is 23.4 Å². The van der Waals surface area contributed by atoms with Gasteiger partial charge in [0.2, 0.25) is 5.95 Å². The monoisotopic (exact) mass is 426 g/mol. The zero-order valence-electron chi connectivity index (χ0n) is 17.9. The van der Waals surface area contributed by atoms with Gasteiger partial charge in [-0.05, 0) is 61.7 Å². The molecule has 4 heterocycles. The fourth-order valence-corrected chi connectivity index (χ4v) is 4.03. The lowest BCUT2D eigenvalue weighted by Crippen LogP contribution is -2.36. The molecule has 1 saturated heterocycles. The predicted octanol–water partition coefficient (Wildman–Crippen LogP) is 2.76.